The number of aliphatic hydroxyl groups excluding tert-OH is 2. The second-order valence-corrected chi connectivity index (χ2v) is 6.53. The molecule has 0 saturated heterocycles. The third kappa shape index (κ3) is 2.93. The normalized spacial score (nSPS) is 14.5. The predicted octanol–water partition coefficient (Wildman–Crippen LogP) is 4.28. The number of aliphatic hydroxyl groups is 2. The van der Waals surface area contributed by atoms with E-state index in [2.05, 4.69) is 48.5 Å². The first-order valence-corrected chi connectivity index (χ1v) is 8.74. The van der Waals surface area contributed by atoms with Crippen molar-refractivity contribution in [1.82, 2.24) is 0 Å². The van der Waals surface area contributed by atoms with Gasteiger partial charge in [-0.25, -0.2) is 0 Å². The highest BCUT2D eigenvalue weighted by atomic mass is 16.3. The summed E-state index contributed by atoms with van der Waals surface area (Å²) in [6, 6.07) is 17.5. The molecule has 0 atom stereocenters. The Morgan fingerprint density at radius 1 is 0.609 bits per heavy atom. The van der Waals surface area contributed by atoms with E-state index >= 15 is 0 Å². The lowest BCUT2D eigenvalue weighted by Gasteiger charge is -2.32. The molecule has 0 spiro atoms. The standard InChI is InChI=1S/C21H26O2/c22-15-7-5-13-21(14-6-8-16-23)19-11-3-1-9-17(19)18-10-2-4-12-20(18)21/h1-4,9-12,22-23H,5-8,13-16H2. The van der Waals surface area contributed by atoms with Crippen molar-refractivity contribution >= 4 is 0 Å². The molecule has 0 bridgehead atoms. The van der Waals surface area contributed by atoms with E-state index in [4.69, 9.17) is 0 Å². The van der Waals surface area contributed by atoms with Gasteiger partial charge in [-0.1, -0.05) is 48.5 Å². The molecule has 2 N–H and O–H groups in total. The molecule has 1 aliphatic rings. The van der Waals surface area contributed by atoms with Crippen LogP contribution in [-0.4, -0.2) is 23.4 Å². The Hall–Kier alpha value is -1.64. The summed E-state index contributed by atoms with van der Waals surface area (Å²) in [5.41, 5.74) is 5.61. The van der Waals surface area contributed by atoms with E-state index in [9.17, 15) is 10.2 Å². The van der Waals surface area contributed by atoms with E-state index in [1.165, 1.54) is 22.3 Å². The Morgan fingerprint density at radius 3 is 1.48 bits per heavy atom. The highest BCUT2D eigenvalue weighted by molar-refractivity contribution is 5.80. The van der Waals surface area contributed by atoms with Crippen LogP contribution in [0, 0.1) is 0 Å². The van der Waals surface area contributed by atoms with Gasteiger partial charge in [0, 0.05) is 18.6 Å². The summed E-state index contributed by atoms with van der Waals surface area (Å²) in [6.45, 7) is 0.520. The van der Waals surface area contributed by atoms with Crippen LogP contribution in [0.5, 0.6) is 0 Å². The smallest absolute Gasteiger partial charge is 0.0431 e. The van der Waals surface area contributed by atoms with E-state index in [0.717, 1.165) is 38.5 Å². The zero-order valence-corrected chi connectivity index (χ0v) is 13.7. The number of benzene rings is 2. The molecular formula is C21H26O2. The van der Waals surface area contributed by atoms with Crippen LogP contribution in [0.1, 0.15) is 49.7 Å². The average Bonchev–Trinajstić information content (AvgIpc) is 2.87. The quantitative estimate of drug-likeness (QED) is 0.715. The summed E-state index contributed by atoms with van der Waals surface area (Å²) in [6.07, 6.45) is 5.88. The van der Waals surface area contributed by atoms with Crippen molar-refractivity contribution in [3.05, 3.63) is 59.7 Å². The van der Waals surface area contributed by atoms with Crippen molar-refractivity contribution in [2.75, 3.05) is 13.2 Å². The van der Waals surface area contributed by atoms with Crippen LogP contribution in [0.15, 0.2) is 48.5 Å². The molecule has 2 aromatic rings. The third-order valence-corrected chi connectivity index (χ3v) is 5.20. The molecule has 0 saturated carbocycles. The minimum atomic E-state index is 0.0392. The van der Waals surface area contributed by atoms with Crippen LogP contribution in [0.25, 0.3) is 11.1 Å². The van der Waals surface area contributed by atoms with E-state index in [1.807, 2.05) is 0 Å². The Morgan fingerprint density at radius 2 is 1.04 bits per heavy atom. The fourth-order valence-corrected chi connectivity index (χ4v) is 4.16. The van der Waals surface area contributed by atoms with Gasteiger partial charge in [-0.2, -0.15) is 0 Å². The molecule has 23 heavy (non-hydrogen) atoms. The summed E-state index contributed by atoms with van der Waals surface area (Å²) < 4.78 is 0. The summed E-state index contributed by atoms with van der Waals surface area (Å²) in [5, 5.41) is 18.4. The van der Waals surface area contributed by atoms with Crippen molar-refractivity contribution in [3.63, 3.8) is 0 Å². The second-order valence-electron chi connectivity index (χ2n) is 6.53. The summed E-state index contributed by atoms with van der Waals surface area (Å²) in [4.78, 5) is 0. The molecule has 0 aliphatic heterocycles. The van der Waals surface area contributed by atoms with Gasteiger partial charge in [0.05, 0.1) is 0 Å². The Balaban J connectivity index is 2.05. The van der Waals surface area contributed by atoms with Gasteiger partial charge in [-0.05, 0) is 60.8 Å². The lowest BCUT2D eigenvalue weighted by Crippen LogP contribution is -2.25. The van der Waals surface area contributed by atoms with Crippen LogP contribution in [0.4, 0.5) is 0 Å². The van der Waals surface area contributed by atoms with Gasteiger partial charge >= 0.3 is 0 Å². The molecule has 2 aromatic carbocycles. The number of hydrogen-bond acceptors (Lipinski definition) is 2. The Kier molecular flexibility index (Phi) is 5.14. The van der Waals surface area contributed by atoms with Crippen LogP contribution in [0.2, 0.25) is 0 Å². The molecule has 0 radical (unpaired) electrons. The Bertz CT molecular complexity index is 590. The maximum Gasteiger partial charge on any atom is 0.0431 e. The summed E-state index contributed by atoms with van der Waals surface area (Å²) in [7, 11) is 0. The summed E-state index contributed by atoms with van der Waals surface area (Å²) in [5.74, 6) is 0. The number of rotatable bonds is 8. The lowest BCUT2D eigenvalue weighted by molar-refractivity contribution is 0.266. The highest BCUT2D eigenvalue weighted by Gasteiger charge is 2.41. The van der Waals surface area contributed by atoms with Gasteiger partial charge in [0.25, 0.3) is 0 Å². The van der Waals surface area contributed by atoms with Crippen molar-refractivity contribution in [1.29, 1.82) is 0 Å². The van der Waals surface area contributed by atoms with E-state index < -0.39 is 0 Å². The van der Waals surface area contributed by atoms with Crippen molar-refractivity contribution in [3.8, 4) is 11.1 Å². The molecule has 0 amide bonds. The fraction of sp³-hybridized carbons (Fsp3) is 0.429. The van der Waals surface area contributed by atoms with Crippen molar-refractivity contribution in [2.45, 2.75) is 43.9 Å². The highest BCUT2D eigenvalue weighted by Crippen LogP contribution is 2.53. The molecule has 0 aromatic heterocycles. The molecule has 3 rings (SSSR count). The third-order valence-electron chi connectivity index (χ3n) is 5.20. The average molecular weight is 310 g/mol. The zero-order valence-electron chi connectivity index (χ0n) is 13.7. The predicted molar refractivity (Wildman–Crippen MR) is 94.5 cm³/mol. The monoisotopic (exact) mass is 310 g/mol. The lowest BCUT2D eigenvalue weighted by atomic mass is 9.71. The molecule has 2 heteroatoms. The van der Waals surface area contributed by atoms with Crippen LogP contribution in [-0.2, 0) is 5.41 Å². The molecular weight excluding hydrogens is 284 g/mol. The van der Waals surface area contributed by atoms with E-state index in [-0.39, 0.29) is 18.6 Å². The molecule has 0 heterocycles. The van der Waals surface area contributed by atoms with Gasteiger partial charge in [0.15, 0.2) is 0 Å². The van der Waals surface area contributed by atoms with Crippen LogP contribution < -0.4 is 0 Å². The topological polar surface area (TPSA) is 40.5 Å². The first-order valence-electron chi connectivity index (χ1n) is 8.74. The first-order chi connectivity index (χ1) is 11.3. The number of hydrogen-bond donors (Lipinski definition) is 2. The van der Waals surface area contributed by atoms with E-state index in [1.54, 1.807) is 0 Å². The van der Waals surface area contributed by atoms with Gasteiger partial charge < -0.3 is 10.2 Å². The zero-order chi connectivity index (χ0) is 16.1. The minimum absolute atomic E-state index is 0.0392. The number of fused-ring (bicyclic) bond motifs is 3. The summed E-state index contributed by atoms with van der Waals surface area (Å²) >= 11 is 0. The fourth-order valence-electron chi connectivity index (χ4n) is 4.16. The van der Waals surface area contributed by atoms with Crippen molar-refractivity contribution < 1.29 is 10.2 Å². The number of unbranched alkanes of at least 4 members (excludes halogenated alkanes) is 2. The van der Waals surface area contributed by atoms with Gasteiger partial charge in [-0.3, -0.25) is 0 Å². The molecule has 1 aliphatic carbocycles. The van der Waals surface area contributed by atoms with Gasteiger partial charge in [0.1, 0.15) is 0 Å². The van der Waals surface area contributed by atoms with Crippen LogP contribution in [0.3, 0.4) is 0 Å². The molecule has 122 valence electrons. The maximum atomic E-state index is 9.20. The molecule has 0 unspecified atom stereocenters. The van der Waals surface area contributed by atoms with Gasteiger partial charge in [0.2, 0.25) is 0 Å². The molecule has 0 fully saturated rings. The molecule has 2 nitrogen and oxygen atoms in total. The first kappa shape index (κ1) is 16.2. The SMILES string of the molecule is OCCCCC1(CCCCO)c2ccccc2-c2ccccc21. The Labute approximate surface area is 138 Å². The van der Waals surface area contributed by atoms with E-state index in [0.29, 0.717) is 0 Å². The minimum Gasteiger partial charge on any atom is -0.396 e. The van der Waals surface area contributed by atoms with Gasteiger partial charge in [-0.15, -0.1) is 0 Å². The maximum absolute atomic E-state index is 9.20. The largest absolute Gasteiger partial charge is 0.396 e. The second kappa shape index (κ2) is 7.29. The van der Waals surface area contributed by atoms with Crippen LogP contribution >= 0.6 is 0 Å². The van der Waals surface area contributed by atoms with Crippen molar-refractivity contribution in [2.24, 2.45) is 0 Å².